The predicted octanol–water partition coefficient (Wildman–Crippen LogP) is -4.79. The number of carbonyl (C=O) groups is 2. The van der Waals surface area contributed by atoms with Crippen LogP contribution in [0.5, 0.6) is 0 Å². The molecule has 0 fully saturated rings. The first kappa shape index (κ1) is 17.2. The Morgan fingerprint density at radius 1 is 1.00 bits per heavy atom. The topological polar surface area (TPSA) is 144 Å². The van der Waals surface area contributed by atoms with Crippen molar-refractivity contribution in [1.82, 2.24) is 0 Å². The summed E-state index contributed by atoms with van der Waals surface area (Å²) < 4.78 is 0. The van der Waals surface area contributed by atoms with Crippen molar-refractivity contribution in [3.8, 4) is 0 Å². The van der Waals surface area contributed by atoms with E-state index in [0.29, 0.717) is 0 Å². The monoisotopic (exact) mass is 238 g/mol. The molecular weight excluding hydrogens is 236 g/mol. The van der Waals surface area contributed by atoms with Crippen LogP contribution in [0.25, 0.3) is 0 Å². The Labute approximate surface area is 86.7 Å². The van der Waals surface area contributed by atoms with Crippen molar-refractivity contribution in [2.45, 2.75) is 0 Å². The molecule has 0 saturated carbocycles. The Hall–Kier alpha value is -0.0112. The van der Waals surface area contributed by atoms with Gasteiger partial charge in [0.05, 0.1) is 0 Å². The molecule has 0 aliphatic rings. The summed E-state index contributed by atoms with van der Waals surface area (Å²) in [4.78, 5) is 18.2. The molecule has 0 spiro atoms. The van der Waals surface area contributed by atoms with Crippen molar-refractivity contribution < 1.29 is 67.6 Å². The summed E-state index contributed by atoms with van der Waals surface area (Å²) in [5.41, 5.74) is 0. The second-order valence-corrected chi connectivity index (χ2v) is 0.899. The van der Waals surface area contributed by atoms with E-state index in [0.717, 1.165) is 0 Å². The van der Waals surface area contributed by atoms with Crippen LogP contribution in [0.3, 0.4) is 0 Å². The average Bonchev–Trinajstić information content (AvgIpc) is 1.63. The van der Waals surface area contributed by atoms with Crippen LogP contribution in [0.2, 0.25) is 0 Å². The van der Waals surface area contributed by atoms with Gasteiger partial charge in [-0.3, -0.25) is 7.32 Å². The first-order valence-corrected chi connectivity index (χ1v) is 1.81. The fourth-order valence-electron chi connectivity index (χ4n) is 0. The fraction of sp³-hybridized carbons (Fsp3) is 0. The van der Waals surface area contributed by atoms with Gasteiger partial charge in [-0.2, -0.15) is 0 Å². The third kappa shape index (κ3) is 40.1. The molecule has 58 valence electrons. The fourth-order valence-corrected chi connectivity index (χ4v) is 0. The molecule has 0 unspecified atom stereocenters. The number of hydrogen-bond acceptors (Lipinski definition) is 5. The molecule has 0 bridgehead atoms. The summed E-state index contributed by atoms with van der Waals surface area (Å²) in [6, 6.07) is 0. The van der Waals surface area contributed by atoms with Gasteiger partial charge in [0.25, 0.3) is 0 Å². The molecule has 0 aromatic heterocycles. The first-order chi connectivity index (χ1) is 4.37. The van der Waals surface area contributed by atoms with E-state index in [1.165, 1.54) is 0 Å². The summed E-state index contributed by atoms with van der Waals surface area (Å²) in [7, 11) is -2.92. The minimum atomic E-state index is -2.92. The zero-order chi connectivity index (χ0) is 8.73. The molecule has 0 amide bonds. The smallest absolute Gasteiger partial charge is 0.907 e. The third-order valence-corrected chi connectivity index (χ3v) is 0.183. The quantitative estimate of drug-likeness (QED) is 0.318. The summed E-state index contributed by atoms with van der Waals surface area (Å²) in [5, 5.41) is 40.0. The molecular formula is C2H2BO7Y. The van der Waals surface area contributed by atoms with Crippen LogP contribution in [0, 0.1) is 0 Å². The van der Waals surface area contributed by atoms with Gasteiger partial charge in [-0.15, -0.1) is 0 Å². The van der Waals surface area contributed by atoms with Gasteiger partial charge in [0.2, 0.25) is 0 Å². The van der Waals surface area contributed by atoms with Crippen molar-refractivity contribution in [2.75, 3.05) is 0 Å². The molecule has 0 radical (unpaired) electrons. The number of carboxylic acid groups (broad SMARTS) is 2. The number of aliphatic carboxylic acids is 2. The summed E-state index contributed by atoms with van der Waals surface area (Å²) >= 11 is 0. The molecule has 0 aliphatic heterocycles. The Balaban J connectivity index is -0.000000114. The van der Waals surface area contributed by atoms with E-state index in [4.69, 9.17) is 34.9 Å². The number of hydrogen-bond donors (Lipinski definition) is 2. The van der Waals surface area contributed by atoms with Crippen LogP contribution >= 0.6 is 0 Å². The van der Waals surface area contributed by atoms with E-state index in [-0.39, 0.29) is 32.7 Å². The van der Waals surface area contributed by atoms with Gasteiger partial charge in [-0.1, -0.05) is 0 Å². The molecule has 11 heavy (non-hydrogen) atoms. The molecule has 0 rings (SSSR count). The van der Waals surface area contributed by atoms with E-state index in [1.54, 1.807) is 0 Å². The van der Waals surface area contributed by atoms with Crippen LogP contribution in [-0.2, 0) is 42.3 Å². The summed E-state index contributed by atoms with van der Waals surface area (Å²) in [6.07, 6.45) is 0. The molecule has 0 heterocycles. The molecule has 7 nitrogen and oxygen atoms in total. The Bertz CT molecular complexity index is 109. The van der Waals surface area contributed by atoms with Crippen LogP contribution < -0.4 is 15.1 Å². The normalized spacial score (nSPS) is 6.45. The van der Waals surface area contributed by atoms with E-state index >= 15 is 0 Å². The maximum absolute atomic E-state index is 9.10. The van der Waals surface area contributed by atoms with Crippen molar-refractivity contribution in [3.63, 3.8) is 0 Å². The van der Waals surface area contributed by atoms with Crippen LogP contribution in [0.4, 0.5) is 0 Å². The van der Waals surface area contributed by atoms with E-state index < -0.39 is 19.3 Å². The van der Waals surface area contributed by atoms with Gasteiger partial charge < -0.3 is 25.3 Å². The molecule has 0 aliphatic carbocycles. The zero-order valence-electron chi connectivity index (χ0n) is 5.09. The maximum atomic E-state index is 9.10. The second kappa shape index (κ2) is 9.99. The minimum absolute atomic E-state index is 0. The molecule has 0 atom stereocenters. The van der Waals surface area contributed by atoms with Crippen molar-refractivity contribution in [3.05, 3.63) is 0 Å². The zero-order valence-corrected chi connectivity index (χ0v) is 7.93. The predicted molar refractivity (Wildman–Crippen MR) is 21.0 cm³/mol. The molecule has 9 heteroatoms. The molecule has 0 saturated heterocycles. The Morgan fingerprint density at radius 3 is 1.09 bits per heavy atom. The van der Waals surface area contributed by atoms with Gasteiger partial charge in [0.15, 0.2) is 0 Å². The van der Waals surface area contributed by atoms with Gasteiger partial charge in [-0.05, 0) is 0 Å². The number of carboxylic acids is 2. The van der Waals surface area contributed by atoms with Crippen LogP contribution in [0.15, 0.2) is 0 Å². The second-order valence-electron chi connectivity index (χ2n) is 0.899. The minimum Gasteiger partial charge on any atom is -0.907 e. The summed E-state index contributed by atoms with van der Waals surface area (Å²) in [6.45, 7) is 0. The molecule has 2 N–H and O–H groups in total. The van der Waals surface area contributed by atoms with Gasteiger partial charge in [-0.25, -0.2) is 9.59 Å². The first-order valence-electron chi connectivity index (χ1n) is 1.81. The van der Waals surface area contributed by atoms with Gasteiger partial charge in [0, 0.05) is 0 Å². The van der Waals surface area contributed by atoms with E-state index in [1.807, 2.05) is 0 Å². The van der Waals surface area contributed by atoms with E-state index in [9.17, 15) is 0 Å². The molecule has 0 aromatic carbocycles. The Kier molecular flexibility index (Phi) is 15.6. The third-order valence-electron chi connectivity index (χ3n) is 0.183. The van der Waals surface area contributed by atoms with Crippen molar-refractivity contribution in [2.24, 2.45) is 0 Å². The van der Waals surface area contributed by atoms with E-state index in [2.05, 4.69) is 0 Å². The summed E-state index contributed by atoms with van der Waals surface area (Å²) in [5.74, 6) is -3.65. The van der Waals surface area contributed by atoms with Crippen molar-refractivity contribution >= 4 is 19.3 Å². The van der Waals surface area contributed by atoms with Gasteiger partial charge in [0.1, 0.15) is 0 Å². The largest absolute Gasteiger partial charge is 3.00 e. The van der Waals surface area contributed by atoms with Gasteiger partial charge >= 0.3 is 44.6 Å². The average molecular weight is 238 g/mol. The number of rotatable bonds is 0. The molecule has 0 aromatic rings. The maximum Gasteiger partial charge on any atom is 3.00 e. The van der Waals surface area contributed by atoms with Crippen LogP contribution in [0.1, 0.15) is 0 Å². The standard InChI is InChI=1S/C2H2O4.BO3.Y/c3-1(4)2(5)6;2-1(3)4;/h(H,3,4)(H,5,6);;/q;-3;+3. The SMILES string of the molecule is O=C(O)C(=O)O.[O-]B([O-])[O-].[Y+3]. The Morgan fingerprint density at radius 2 is 1.09 bits per heavy atom. The van der Waals surface area contributed by atoms with Crippen LogP contribution in [-0.4, -0.2) is 29.5 Å². The van der Waals surface area contributed by atoms with Crippen molar-refractivity contribution in [1.29, 1.82) is 0 Å².